The van der Waals surface area contributed by atoms with Crippen molar-refractivity contribution in [2.75, 3.05) is 25.5 Å². The number of fused-ring (bicyclic) bond motifs is 1. The number of hydroxylamine groups is 2. The molecule has 0 atom stereocenters. The van der Waals surface area contributed by atoms with Crippen LogP contribution in [-0.2, 0) is 17.8 Å². The molecule has 2 aliphatic heterocycles. The molecule has 2 aromatic rings. The number of nitrogens with one attached hydrogen (secondary N) is 1. The number of hydrogen-bond donors (Lipinski definition) is 1. The quantitative estimate of drug-likeness (QED) is 0.862. The van der Waals surface area contributed by atoms with Gasteiger partial charge in [-0.1, -0.05) is 41.9 Å². The fourth-order valence-electron chi connectivity index (χ4n) is 4.03. The van der Waals surface area contributed by atoms with Crippen molar-refractivity contribution in [2.45, 2.75) is 25.8 Å². The Bertz CT molecular complexity index is 812. The van der Waals surface area contributed by atoms with Crippen molar-refractivity contribution < 1.29 is 4.84 Å². The Labute approximate surface area is 159 Å². The predicted octanol–water partition coefficient (Wildman–Crippen LogP) is 4.55. The summed E-state index contributed by atoms with van der Waals surface area (Å²) in [5.74, 6) is 1.10. The largest absolute Gasteiger partial charge is 0.343 e. The maximum absolute atomic E-state index is 6.12. The van der Waals surface area contributed by atoms with Gasteiger partial charge in [-0.25, -0.2) is 0 Å². The Morgan fingerprint density at radius 2 is 1.96 bits per heavy atom. The maximum atomic E-state index is 6.12. The van der Waals surface area contributed by atoms with Gasteiger partial charge in [0.15, 0.2) is 0 Å². The molecular weight excluding hydrogens is 346 g/mol. The van der Waals surface area contributed by atoms with Crippen molar-refractivity contribution >= 4 is 23.1 Å². The first-order valence-corrected chi connectivity index (χ1v) is 9.50. The molecule has 0 aliphatic carbocycles. The van der Waals surface area contributed by atoms with Gasteiger partial charge in [0.25, 0.3) is 0 Å². The highest BCUT2D eigenvalue weighted by molar-refractivity contribution is 6.30. The van der Waals surface area contributed by atoms with E-state index in [1.165, 1.54) is 11.3 Å². The summed E-state index contributed by atoms with van der Waals surface area (Å²) < 4.78 is 0. The summed E-state index contributed by atoms with van der Waals surface area (Å²) in [6.45, 7) is 2.49. The topological polar surface area (TPSA) is 36.9 Å². The lowest BCUT2D eigenvalue weighted by molar-refractivity contribution is -0.152. The minimum absolute atomic E-state index is 0.0575. The molecule has 1 spiro atoms. The fourth-order valence-corrected chi connectivity index (χ4v) is 4.24. The van der Waals surface area contributed by atoms with Crippen LogP contribution in [-0.4, -0.2) is 31.1 Å². The molecule has 5 heteroatoms. The number of aliphatic imine (C=N–C) groups is 1. The van der Waals surface area contributed by atoms with Crippen LogP contribution in [0.15, 0.2) is 53.5 Å². The summed E-state index contributed by atoms with van der Waals surface area (Å²) in [7, 11) is 1.75. The second-order valence-electron chi connectivity index (χ2n) is 7.15. The number of hydrogen-bond acceptors (Lipinski definition) is 3. The smallest absolute Gasteiger partial charge is 0.108 e. The Balaban J connectivity index is 1.64. The lowest BCUT2D eigenvalue weighted by Gasteiger charge is -2.45. The Morgan fingerprint density at radius 1 is 1.15 bits per heavy atom. The number of halogens is 1. The predicted molar refractivity (Wildman–Crippen MR) is 107 cm³/mol. The molecule has 0 aromatic heterocycles. The highest BCUT2D eigenvalue weighted by Gasteiger charge is 2.42. The third-order valence-electron chi connectivity index (χ3n) is 5.55. The molecule has 0 radical (unpaired) electrons. The summed E-state index contributed by atoms with van der Waals surface area (Å²) in [6, 6.07) is 16.5. The Hall–Kier alpha value is -1.88. The van der Waals surface area contributed by atoms with Crippen LogP contribution in [0.5, 0.6) is 0 Å². The van der Waals surface area contributed by atoms with Crippen molar-refractivity contribution in [1.29, 1.82) is 0 Å². The van der Waals surface area contributed by atoms with Crippen molar-refractivity contribution in [3.05, 3.63) is 64.7 Å². The van der Waals surface area contributed by atoms with Crippen molar-refractivity contribution in [1.82, 2.24) is 5.06 Å². The van der Waals surface area contributed by atoms with E-state index in [0.717, 1.165) is 48.8 Å². The lowest BCUT2D eigenvalue weighted by atomic mass is 9.70. The molecule has 4 nitrogen and oxygen atoms in total. The number of rotatable bonds is 3. The molecule has 0 unspecified atom stereocenters. The number of piperidine rings is 1. The molecule has 0 amide bonds. The zero-order chi connectivity index (χ0) is 18.0. The molecule has 2 aliphatic rings. The van der Waals surface area contributed by atoms with E-state index in [0.29, 0.717) is 6.54 Å². The molecule has 2 heterocycles. The number of para-hydroxylation sites is 1. The van der Waals surface area contributed by atoms with E-state index in [1.54, 1.807) is 7.11 Å². The normalized spacial score (nSPS) is 20.8. The van der Waals surface area contributed by atoms with Gasteiger partial charge in [-0.3, -0.25) is 4.99 Å². The molecule has 1 N–H and O–H groups in total. The van der Waals surface area contributed by atoms with Crippen LogP contribution < -0.4 is 5.32 Å². The molecule has 1 fully saturated rings. The van der Waals surface area contributed by atoms with Gasteiger partial charge in [-0.2, -0.15) is 5.06 Å². The van der Waals surface area contributed by atoms with Gasteiger partial charge in [-0.15, -0.1) is 0 Å². The van der Waals surface area contributed by atoms with Gasteiger partial charge in [0.1, 0.15) is 5.84 Å². The van der Waals surface area contributed by atoms with Gasteiger partial charge >= 0.3 is 0 Å². The van der Waals surface area contributed by atoms with Gasteiger partial charge in [0, 0.05) is 29.2 Å². The third-order valence-corrected chi connectivity index (χ3v) is 5.78. The number of anilines is 1. The highest BCUT2D eigenvalue weighted by atomic mass is 35.5. The van der Waals surface area contributed by atoms with Gasteiger partial charge < -0.3 is 10.2 Å². The van der Waals surface area contributed by atoms with Crippen LogP contribution in [0.3, 0.4) is 0 Å². The standard InChI is InChI=1S/C21H24ClN3O/c1-26-25-11-9-21(10-12-25)14-17-6-2-3-8-19(17)24-20(21)23-15-16-5-4-7-18(22)13-16/h2-8,13H,9-12,14-15H2,1H3,(H,23,24). The van der Waals surface area contributed by atoms with Gasteiger partial charge in [0.2, 0.25) is 0 Å². The summed E-state index contributed by atoms with van der Waals surface area (Å²) >= 11 is 6.12. The average molecular weight is 370 g/mol. The monoisotopic (exact) mass is 369 g/mol. The van der Waals surface area contributed by atoms with Crippen molar-refractivity contribution in [2.24, 2.45) is 10.4 Å². The minimum atomic E-state index is 0.0575. The lowest BCUT2D eigenvalue weighted by Crippen LogP contribution is -2.49. The van der Waals surface area contributed by atoms with E-state index in [1.807, 2.05) is 23.3 Å². The third kappa shape index (κ3) is 3.50. The second kappa shape index (κ2) is 7.39. The summed E-state index contributed by atoms with van der Waals surface area (Å²) in [4.78, 5) is 10.4. The van der Waals surface area contributed by atoms with Crippen LogP contribution in [0.1, 0.15) is 24.0 Å². The Morgan fingerprint density at radius 3 is 2.73 bits per heavy atom. The van der Waals surface area contributed by atoms with Crippen LogP contribution in [0.25, 0.3) is 0 Å². The zero-order valence-corrected chi connectivity index (χ0v) is 15.8. The van der Waals surface area contributed by atoms with Crippen LogP contribution >= 0.6 is 11.6 Å². The molecule has 2 aromatic carbocycles. The number of amidine groups is 1. The van der Waals surface area contributed by atoms with E-state index in [4.69, 9.17) is 21.4 Å². The molecule has 0 saturated carbocycles. The maximum Gasteiger partial charge on any atom is 0.108 e. The first-order chi connectivity index (χ1) is 12.7. The SMILES string of the molecule is CON1CCC2(CC1)Cc1ccccc1NC2=NCc1cccc(Cl)c1. The van der Waals surface area contributed by atoms with E-state index in [9.17, 15) is 0 Å². The van der Waals surface area contributed by atoms with Crippen molar-refractivity contribution in [3.63, 3.8) is 0 Å². The van der Waals surface area contributed by atoms with E-state index < -0.39 is 0 Å². The zero-order valence-electron chi connectivity index (χ0n) is 15.0. The highest BCUT2D eigenvalue weighted by Crippen LogP contribution is 2.42. The molecule has 136 valence electrons. The summed E-state index contributed by atoms with van der Waals surface area (Å²) in [5.41, 5.74) is 3.74. The molecule has 4 rings (SSSR count). The summed E-state index contributed by atoms with van der Waals surface area (Å²) in [6.07, 6.45) is 3.11. The van der Waals surface area contributed by atoms with E-state index in [2.05, 4.69) is 35.6 Å². The van der Waals surface area contributed by atoms with Crippen LogP contribution in [0, 0.1) is 5.41 Å². The van der Waals surface area contributed by atoms with Crippen LogP contribution in [0.4, 0.5) is 5.69 Å². The second-order valence-corrected chi connectivity index (χ2v) is 7.58. The summed E-state index contributed by atoms with van der Waals surface area (Å²) in [5, 5.41) is 6.43. The number of nitrogens with zero attached hydrogens (tertiary/aromatic N) is 2. The van der Waals surface area contributed by atoms with Crippen LogP contribution in [0.2, 0.25) is 5.02 Å². The number of benzene rings is 2. The van der Waals surface area contributed by atoms with Gasteiger partial charge in [-0.05, 0) is 48.6 Å². The Kier molecular flexibility index (Phi) is 4.98. The first kappa shape index (κ1) is 17.5. The first-order valence-electron chi connectivity index (χ1n) is 9.12. The average Bonchev–Trinajstić information content (AvgIpc) is 2.67. The van der Waals surface area contributed by atoms with E-state index in [-0.39, 0.29) is 5.41 Å². The van der Waals surface area contributed by atoms with E-state index >= 15 is 0 Å². The van der Waals surface area contributed by atoms with Crippen molar-refractivity contribution in [3.8, 4) is 0 Å². The molecular formula is C21H24ClN3O. The molecule has 26 heavy (non-hydrogen) atoms. The molecule has 0 bridgehead atoms. The molecule has 1 saturated heterocycles. The minimum Gasteiger partial charge on any atom is -0.343 e. The van der Waals surface area contributed by atoms with Gasteiger partial charge in [0.05, 0.1) is 13.7 Å². The fraction of sp³-hybridized carbons (Fsp3) is 0.381.